The van der Waals surface area contributed by atoms with Crippen molar-refractivity contribution < 1.29 is 19.5 Å². The second kappa shape index (κ2) is 14.0. The smallest absolute Gasteiger partial charge is 0.226 e. The molecule has 3 rings (SSSR count). The summed E-state index contributed by atoms with van der Waals surface area (Å²) >= 11 is 0. The lowest BCUT2D eigenvalue weighted by Crippen LogP contribution is -2.52. The van der Waals surface area contributed by atoms with Gasteiger partial charge in [-0.1, -0.05) is 31.2 Å². The Hall–Kier alpha value is -3.39. The average Bonchev–Trinajstić information content (AvgIpc) is 2.90. The zero-order valence-corrected chi connectivity index (χ0v) is 23.2. The third-order valence-electron chi connectivity index (χ3n) is 7.11. The molecule has 2 aromatic carbocycles. The molecule has 1 fully saturated rings. The number of piperidine rings is 1. The number of nitrogens with zero attached hydrogens (tertiary/aromatic N) is 4. The molecule has 0 bridgehead atoms. The highest BCUT2D eigenvalue weighted by atomic mass is 16.3. The van der Waals surface area contributed by atoms with Crippen LogP contribution >= 0.6 is 0 Å². The van der Waals surface area contributed by atoms with Crippen LogP contribution in [0.4, 0.5) is 5.69 Å². The number of rotatable bonds is 13. The summed E-state index contributed by atoms with van der Waals surface area (Å²) in [6.07, 6.45) is 4.90. The summed E-state index contributed by atoms with van der Waals surface area (Å²) in [5, 5.41) is 12.7. The van der Waals surface area contributed by atoms with Crippen molar-refractivity contribution in [1.29, 1.82) is 0 Å². The van der Waals surface area contributed by atoms with Crippen LogP contribution in [-0.2, 0) is 27.3 Å². The lowest BCUT2D eigenvalue weighted by molar-refractivity contribution is -0.146. The Bertz CT molecular complexity index is 1070. The fourth-order valence-electron chi connectivity index (χ4n) is 5.17. The molecule has 2 atom stereocenters. The van der Waals surface area contributed by atoms with Crippen molar-refractivity contribution in [1.82, 2.24) is 14.9 Å². The molecule has 8 heteroatoms. The molecule has 1 aliphatic rings. The minimum absolute atomic E-state index is 0.00614. The van der Waals surface area contributed by atoms with E-state index in [0.717, 1.165) is 24.2 Å². The molecule has 2 aromatic rings. The minimum atomic E-state index is -0.327. The number of phenols is 1. The molecule has 206 valence electrons. The van der Waals surface area contributed by atoms with E-state index < -0.39 is 0 Å². The van der Waals surface area contributed by atoms with E-state index in [1.165, 1.54) is 36.9 Å². The molecular formula is C30H42N4O4. The van der Waals surface area contributed by atoms with Gasteiger partial charge in [0.15, 0.2) is 0 Å². The van der Waals surface area contributed by atoms with E-state index in [1.807, 2.05) is 43.0 Å². The van der Waals surface area contributed by atoms with Crippen molar-refractivity contribution >= 4 is 23.8 Å². The number of carbonyl (C=O) groups excluding carboxylic acids is 3. The van der Waals surface area contributed by atoms with Crippen LogP contribution in [0.25, 0.3) is 0 Å². The van der Waals surface area contributed by atoms with Gasteiger partial charge in [-0.15, -0.1) is 0 Å². The molecule has 0 radical (unpaired) electrons. The summed E-state index contributed by atoms with van der Waals surface area (Å²) in [6.45, 7) is 8.25. The first-order valence-electron chi connectivity index (χ1n) is 13.5. The number of aromatic hydroxyl groups is 1. The number of ketones is 1. The Morgan fingerprint density at radius 3 is 2.34 bits per heavy atom. The fraction of sp³-hybridized carbons (Fsp3) is 0.500. The Kier molecular flexibility index (Phi) is 10.7. The van der Waals surface area contributed by atoms with Crippen LogP contribution < -0.4 is 4.90 Å². The van der Waals surface area contributed by atoms with E-state index >= 15 is 0 Å². The lowest BCUT2D eigenvalue weighted by Gasteiger charge is -2.37. The topological polar surface area (TPSA) is 84.4 Å². The number of hydrogen-bond donors (Lipinski definition) is 1. The molecule has 8 nitrogen and oxygen atoms in total. The Morgan fingerprint density at radius 2 is 1.71 bits per heavy atom. The van der Waals surface area contributed by atoms with E-state index in [0.29, 0.717) is 25.9 Å². The van der Waals surface area contributed by atoms with Crippen LogP contribution in [-0.4, -0.2) is 77.4 Å². The lowest BCUT2D eigenvalue weighted by atomic mass is 9.99. The van der Waals surface area contributed by atoms with Gasteiger partial charge in [0.1, 0.15) is 11.5 Å². The number of anilines is 1. The van der Waals surface area contributed by atoms with Gasteiger partial charge >= 0.3 is 0 Å². The number of hydrazine groups is 1. The van der Waals surface area contributed by atoms with Crippen molar-refractivity contribution in [3.05, 3.63) is 59.7 Å². The SMILES string of the molecule is CC(=O)CN(C)N(C=O)C(C)CN(Cc1cccc(N2CCCCC2)c1)C(=O)[C@@H](C)Cc1ccc(O)cc1. The van der Waals surface area contributed by atoms with E-state index in [9.17, 15) is 19.5 Å². The predicted molar refractivity (Wildman–Crippen MR) is 150 cm³/mol. The van der Waals surface area contributed by atoms with Gasteiger partial charge in [-0.25, -0.2) is 5.01 Å². The van der Waals surface area contributed by atoms with E-state index in [2.05, 4.69) is 17.0 Å². The van der Waals surface area contributed by atoms with Gasteiger partial charge < -0.3 is 14.9 Å². The third kappa shape index (κ3) is 8.31. The van der Waals surface area contributed by atoms with Crippen LogP contribution in [0.2, 0.25) is 0 Å². The Morgan fingerprint density at radius 1 is 1.03 bits per heavy atom. The van der Waals surface area contributed by atoms with Crippen molar-refractivity contribution in [2.45, 2.75) is 59.0 Å². The summed E-state index contributed by atoms with van der Waals surface area (Å²) in [5.41, 5.74) is 3.19. The number of Topliss-reactive ketones (excluding diaryl/α,β-unsaturated/α-hetero) is 1. The average molecular weight is 523 g/mol. The van der Waals surface area contributed by atoms with Crippen molar-refractivity contribution in [2.24, 2.45) is 5.92 Å². The van der Waals surface area contributed by atoms with Gasteiger partial charge in [0.25, 0.3) is 0 Å². The number of carbonyl (C=O) groups is 3. The van der Waals surface area contributed by atoms with Crippen LogP contribution in [0.1, 0.15) is 51.2 Å². The molecule has 0 aromatic heterocycles. The first-order valence-corrected chi connectivity index (χ1v) is 13.5. The zero-order chi connectivity index (χ0) is 27.7. The van der Waals surface area contributed by atoms with Crippen LogP contribution in [0.3, 0.4) is 0 Å². The van der Waals surface area contributed by atoms with Gasteiger partial charge in [0.2, 0.25) is 12.3 Å². The van der Waals surface area contributed by atoms with Gasteiger partial charge in [-0.2, -0.15) is 0 Å². The van der Waals surface area contributed by atoms with Gasteiger partial charge in [0.05, 0.1) is 12.6 Å². The molecule has 38 heavy (non-hydrogen) atoms. The molecule has 1 N–H and O–H groups in total. The Balaban J connectivity index is 1.81. The van der Waals surface area contributed by atoms with Gasteiger partial charge in [-0.3, -0.25) is 19.4 Å². The van der Waals surface area contributed by atoms with Crippen molar-refractivity contribution in [2.75, 3.05) is 38.1 Å². The summed E-state index contributed by atoms with van der Waals surface area (Å²) in [4.78, 5) is 41.6. The number of likely N-dealkylation sites (N-methyl/N-ethyl adjacent to an activating group) is 1. The van der Waals surface area contributed by atoms with E-state index in [1.54, 1.807) is 24.2 Å². The van der Waals surface area contributed by atoms with Crippen LogP contribution in [0.5, 0.6) is 5.75 Å². The summed E-state index contributed by atoms with van der Waals surface area (Å²) in [6, 6.07) is 15.0. The molecule has 0 saturated carbocycles. The normalized spacial score (nSPS) is 15.1. The molecule has 1 saturated heterocycles. The van der Waals surface area contributed by atoms with Crippen molar-refractivity contribution in [3.8, 4) is 5.75 Å². The van der Waals surface area contributed by atoms with Gasteiger partial charge in [0, 0.05) is 44.8 Å². The molecule has 2 amide bonds. The summed E-state index contributed by atoms with van der Waals surface area (Å²) in [7, 11) is 1.70. The van der Waals surface area contributed by atoms with Crippen LogP contribution in [0.15, 0.2) is 48.5 Å². The largest absolute Gasteiger partial charge is 0.508 e. The minimum Gasteiger partial charge on any atom is -0.508 e. The molecule has 1 unspecified atom stereocenters. The van der Waals surface area contributed by atoms with Gasteiger partial charge in [-0.05, 0) is 74.9 Å². The van der Waals surface area contributed by atoms with E-state index in [4.69, 9.17) is 0 Å². The number of amides is 2. The zero-order valence-electron chi connectivity index (χ0n) is 23.2. The monoisotopic (exact) mass is 522 g/mol. The molecule has 1 aliphatic heterocycles. The number of phenolic OH excluding ortho intramolecular Hbond substituents is 1. The van der Waals surface area contributed by atoms with E-state index in [-0.39, 0.29) is 35.9 Å². The molecule has 0 spiro atoms. The maximum absolute atomic E-state index is 13.8. The highest BCUT2D eigenvalue weighted by molar-refractivity contribution is 5.79. The maximum Gasteiger partial charge on any atom is 0.226 e. The second-order valence-corrected chi connectivity index (χ2v) is 10.6. The molecule has 1 heterocycles. The summed E-state index contributed by atoms with van der Waals surface area (Å²) in [5.74, 6) is -0.151. The first kappa shape index (κ1) is 29.2. The standard InChI is InChI=1S/C30H42N4O4/c1-23(17-26-11-13-29(37)14-12-26)30(38)33(19-24(2)34(22-35)31(4)20-25(3)36)21-27-9-8-10-28(18-27)32-15-6-5-7-16-32/h8-14,18,22-24,37H,5-7,15-17,19-21H2,1-4H3/t23-,24?/m0/s1. The predicted octanol–water partition coefficient (Wildman–Crippen LogP) is 3.87. The summed E-state index contributed by atoms with van der Waals surface area (Å²) < 4.78 is 0. The van der Waals surface area contributed by atoms with Crippen molar-refractivity contribution in [3.63, 3.8) is 0 Å². The highest BCUT2D eigenvalue weighted by Crippen LogP contribution is 2.23. The first-order chi connectivity index (χ1) is 18.2. The third-order valence-corrected chi connectivity index (χ3v) is 7.11. The second-order valence-electron chi connectivity index (χ2n) is 10.6. The maximum atomic E-state index is 13.8. The number of benzene rings is 2. The molecule has 0 aliphatic carbocycles. The highest BCUT2D eigenvalue weighted by Gasteiger charge is 2.27. The quantitative estimate of drug-likeness (QED) is 0.318. The Labute approximate surface area is 226 Å². The van der Waals surface area contributed by atoms with Crippen LogP contribution in [0, 0.1) is 5.92 Å². The number of hydrogen-bond acceptors (Lipinski definition) is 6. The molecular weight excluding hydrogens is 480 g/mol. The fourth-order valence-corrected chi connectivity index (χ4v) is 5.17.